The number of carboxylic acids is 1. The van der Waals surface area contributed by atoms with Crippen LogP contribution in [0.2, 0.25) is 0 Å². The van der Waals surface area contributed by atoms with Crippen molar-refractivity contribution in [1.82, 2.24) is 10.2 Å². The maximum Gasteiger partial charge on any atom is 0.329 e. The second-order valence-corrected chi connectivity index (χ2v) is 6.35. The highest BCUT2D eigenvalue weighted by molar-refractivity contribution is 7.99. The van der Waals surface area contributed by atoms with Crippen LogP contribution in [0.15, 0.2) is 0 Å². The number of hydrogen-bond donors (Lipinski definition) is 2. The van der Waals surface area contributed by atoms with E-state index in [1.165, 1.54) is 4.90 Å². The molecule has 0 aliphatic carbocycles. The fourth-order valence-corrected chi connectivity index (χ4v) is 2.84. The Balaban J connectivity index is 2.73. The van der Waals surface area contributed by atoms with Crippen LogP contribution in [0, 0.1) is 0 Å². The Morgan fingerprint density at radius 3 is 2.74 bits per heavy atom. The van der Waals surface area contributed by atoms with Crippen molar-refractivity contribution < 1.29 is 14.7 Å². The number of carbonyl (C=O) groups is 2. The average Bonchev–Trinajstić information content (AvgIpc) is 2.81. The lowest BCUT2D eigenvalue weighted by atomic mass is 9.91. The third kappa shape index (κ3) is 3.55. The summed E-state index contributed by atoms with van der Waals surface area (Å²) >= 11 is 1.68. The molecular weight excluding hydrogens is 264 g/mol. The molecule has 0 saturated carbocycles. The molecule has 0 spiro atoms. The predicted octanol–water partition coefficient (Wildman–Crippen LogP) is 2.17. The van der Waals surface area contributed by atoms with Crippen LogP contribution in [0.5, 0.6) is 0 Å². The van der Waals surface area contributed by atoms with Crippen LogP contribution in [0.1, 0.15) is 39.5 Å². The number of amides is 2. The minimum Gasteiger partial charge on any atom is -0.479 e. The fourth-order valence-electron chi connectivity index (χ4n) is 2.59. The molecule has 0 aromatic heterocycles. The van der Waals surface area contributed by atoms with Crippen LogP contribution in [-0.4, -0.2) is 52.1 Å². The maximum absolute atomic E-state index is 12.2. The van der Waals surface area contributed by atoms with Gasteiger partial charge >= 0.3 is 12.0 Å². The largest absolute Gasteiger partial charge is 0.479 e. The molecule has 1 rings (SSSR count). The van der Waals surface area contributed by atoms with E-state index in [1.54, 1.807) is 11.8 Å². The monoisotopic (exact) mass is 288 g/mol. The van der Waals surface area contributed by atoms with Gasteiger partial charge in [0.2, 0.25) is 0 Å². The highest BCUT2D eigenvalue weighted by Crippen LogP contribution is 2.34. The average molecular weight is 288 g/mol. The summed E-state index contributed by atoms with van der Waals surface area (Å²) in [5.74, 6) is -0.875. The maximum atomic E-state index is 12.2. The Morgan fingerprint density at radius 1 is 1.53 bits per heavy atom. The van der Waals surface area contributed by atoms with E-state index in [-0.39, 0.29) is 6.03 Å². The molecule has 0 aromatic rings. The van der Waals surface area contributed by atoms with Gasteiger partial charge in [-0.3, -0.25) is 0 Å². The number of nitrogens with one attached hydrogen (secondary N) is 1. The van der Waals surface area contributed by atoms with Gasteiger partial charge in [0.15, 0.2) is 0 Å². The van der Waals surface area contributed by atoms with E-state index in [0.29, 0.717) is 31.2 Å². The van der Waals surface area contributed by atoms with Crippen LogP contribution in [0.3, 0.4) is 0 Å². The lowest BCUT2D eigenvalue weighted by molar-refractivity contribution is -0.148. The number of likely N-dealkylation sites (tertiary alicyclic amines) is 1. The number of thioether (sulfide) groups is 1. The first-order chi connectivity index (χ1) is 8.97. The standard InChI is InChI=1S/C13H24N2O3S/c1-4-6-13(11(16)17)7-5-8-15(13)12(18)14-9-10(2)19-3/h10H,4-9H2,1-3H3,(H,14,18)(H,16,17). The molecule has 0 radical (unpaired) electrons. The molecule has 0 aromatic carbocycles. The molecule has 1 saturated heterocycles. The zero-order chi connectivity index (χ0) is 14.5. The smallest absolute Gasteiger partial charge is 0.329 e. The summed E-state index contributed by atoms with van der Waals surface area (Å²) in [6.07, 6.45) is 4.59. The molecule has 19 heavy (non-hydrogen) atoms. The third-order valence-electron chi connectivity index (χ3n) is 3.74. The molecule has 6 heteroatoms. The summed E-state index contributed by atoms with van der Waals surface area (Å²) in [5.41, 5.74) is -0.999. The van der Waals surface area contributed by atoms with Crippen molar-refractivity contribution in [3.05, 3.63) is 0 Å². The minimum absolute atomic E-state index is 0.241. The van der Waals surface area contributed by atoms with E-state index in [4.69, 9.17) is 0 Å². The van der Waals surface area contributed by atoms with Crippen LogP contribution in [0.25, 0.3) is 0 Å². The quantitative estimate of drug-likeness (QED) is 0.786. The SMILES string of the molecule is CCCC1(C(=O)O)CCCN1C(=O)NCC(C)SC. The van der Waals surface area contributed by atoms with Crippen LogP contribution in [-0.2, 0) is 4.79 Å². The number of rotatable bonds is 6. The van der Waals surface area contributed by atoms with Gasteiger partial charge in [0.05, 0.1) is 0 Å². The third-order valence-corrected chi connectivity index (χ3v) is 4.71. The summed E-state index contributed by atoms with van der Waals surface area (Å²) in [4.78, 5) is 25.3. The molecule has 1 aliphatic heterocycles. The topological polar surface area (TPSA) is 69.6 Å². The first kappa shape index (κ1) is 16.1. The van der Waals surface area contributed by atoms with Crippen molar-refractivity contribution in [2.24, 2.45) is 0 Å². The van der Waals surface area contributed by atoms with E-state index in [2.05, 4.69) is 5.32 Å². The number of carbonyl (C=O) groups excluding carboxylic acids is 1. The molecule has 2 atom stereocenters. The van der Waals surface area contributed by atoms with Gasteiger partial charge < -0.3 is 15.3 Å². The van der Waals surface area contributed by atoms with Crippen molar-refractivity contribution in [3.8, 4) is 0 Å². The molecule has 5 nitrogen and oxygen atoms in total. The van der Waals surface area contributed by atoms with E-state index >= 15 is 0 Å². The van der Waals surface area contributed by atoms with Crippen LogP contribution < -0.4 is 5.32 Å². The molecule has 2 unspecified atom stereocenters. The van der Waals surface area contributed by atoms with Crippen LogP contribution in [0.4, 0.5) is 4.79 Å². The highest BCUT2D eigenvalue weighted by Gasteiger charge is 2.49. The van der Waals surface area contributed by atoms with E-state index < -0.39 is 11.5 Å². The van der Waals surface area contributed by atoms with Gasteiger partial charge in [0.1, 0.15) is 5.54 Å². The number of carboxylic acid groups (broad SMARTS) is 1. The van der Waals surface area contributed by atoms with Gasteiger partial charge in [0, 0.05) is 18.3 Å². The van der Waals surface area contributed by atoms with Gasteiger partial charge in [0.25, 0.3) is 0 Å². The number of hydrogen-bond acceptors (Lipinski definition) is 3. The Labute approximate surface area is 119 Å². The first-order valence-electron chi connectivity index (χ1n) is 6.79. The summed E-state index contributed by atoms with van der Waals surface area (Å²) in [7, 11) is 0. The highest BCUT2D eigenvalue weighted by atomic mass is 32.2. The molecule has 0 bridgehead atoms. The van der Waals surface area contributed by atoms with Gasteiger partial charge in [-0.15, -0.1) is 0 Å². The van der Waals surface area contributed by atoms with Gasteiger partial charge in [-0.1, -0.05) is 20.3 Å². The Kier molecular flexibility index (Phi) is 5.97. The van der Waals surface area contributed by atoms with Crippen molar-refractivity contribution in [1.29, 1.82) is 0 Å². The lowest BCUT2D eigenvalue weighted by Gasteiger charge is -2.34. The zero-order valence-corrected chi connectivity index (χ0v) is 12.8. The van der Waals surface area contributed by atoms with Crippen LogP contribution >= 0.6 is 11.8 Å². The second kappa shape index (κ2) is 7.03. The molecular formula is C13H24N2O3S. The molecule has 1 fully saturated rings. The fraction of sp³-hybridized carbons (Fsp3) is 0.846. The Morgan fingerprint density at radius 2 is 2.21 bits per heavy atom. The van der Waals surface area contributed by atoms with Crippen molar-refractivity contribution in [2.45, 2.75) is 50.3 Å². The molecule has 1 aliphatic rings. The summed E-state index contributed by atoms with van der Waals surface area (Å²) < 4.78 is 0. The Hall–Kier alpha value is -0.910. The molecule has 2 N–H and O–H groups in total. The normalized spacial score (nSPS) is 24.3. The van der Waals surface area contributed by atoms with Gasteiger partial charge in [-0.05, 0) is 25.5 Å². The van der Waals surface area contributed by atoms with E-state index in [0.717, 1.165) is 12.8 Å². The van der Waals surface area contributed by atoms with Crippen molar-refractivity contribution in [2.75, 3.05) is 19.3 Å². The molecule has 110 valence electrons. The second-order valence-electron chi connectivity index (χ2n) is 5.07. The summed E-state index contributed by atoms with van der Waals surface area (Å²) in [6.45, 7) is 5.09. The van der Waals surface area contributed by atoms with E-state index in [9.17, 15) is 14.7 Å². The number of aliphatic carboxylic acids is 1. The minimum atomic E-state index is -0.999. The van der Waals surface area contributed by atoms with Crippen molar-refractivity contribution in [3.63, 3.8) is 0 Å². The predicted molar refractivity (Wildman–Crippen MR) is 77.6 cm³/mol. The molecule has 2 amide bonds. The zero-order valence-electron chi connectivity index (χ0n) is 11.9. The molecule has 1 heterocycles. The summed E-state index contributed by atoms with van der Waals surface area (Å²) in [5, 5.41) is 12.7. The first-order valence-corrected chi connectivity index (χ1v) is 8.08. The Bertz CT molecular complexity index is 338. The number of urea groups is 1. The lowest BCUT2D eigenvalue weighted by Crippen LogP contribution is -2.56. The van der Waals surface area contributed by atoms with E-state index in [1.807, 2.05) is 20.1 Å². The van der Waals surface area contributed by atoms with Crippen molar-refractivity contribution >= 4 is 23.8 Å². The van der Waals surface area contributed by atoms with Gasteiger partial charge in [-0.25, -0.2) is 9.59 Å². The van der Waals surface area contributed by atoms with Gasteiger partial charge in [-0.2, -0.15) is 11.8 Å². The number of nitrogens with zero attached hydrogens (tertiary/aromatic N) is 1. The summed E-state index contributed by atoms with van der Waals surface area (Å²) in [6, 6.07) is -0.241.